The second-order valence-electron chi connectivity index (χ2n) is 5.30. The lowest BCUT2D eigenvalue weighted by Crippen LogP contribution is -2.34. The summed E-state index contributed by atoms with van der Waals surface area (Å²) in [6.45, 7) is 1.99. The molecule has 0 saturated carbocycles. The average molecular weight is 330 g/mol. The van der Waals surface area contributed by atoms with Gasteiger partial charge in [-0.15, -0.1) is 0 Å². The summed E-state index contributed by atoms with van der Waals surface area (Å²) in [5, 5.41) is 2.55. The Morgan fingerprint density at radius 2 is 2.04 bits per heavy atom. The van der Waals surface area contributed by atoms with E-state index in [1.807, 2.05) is 6.92 Å². The highest BCUT2D eigenvalue weighted by Crippen LogP contribution is 2.16. The van der Waals surface area contributed by atoms with Gasteiger partial charge in [-0.25, -0.2) is 14.4 Å². The minimum Gasteiger partial charge on any atom is -0.351 e. The Morgan fingerprint density at radius 3 is 2.71 bits per heavy atom. The molecule has 1 atom stereocenters. The van der Waals surface area contributed by atoms with Gasteiger partial charge in [-0.2, -0.15) is 0 Å². The third kappa shape index (κ3) is 4.34. The lowest BCUT2D eigenvalue weighted by Gasteiger charge is -2.24. The Hall–Kier alpha value is -2.83. The van der Waals surface area contributed by atoms with E-state index in [2.05, 4.69) is 15.3 Å². The molecule has 2 amide bonds. The van der Waals surface area contributed by atoms with Crippen LogP contribution >= 0.6 is 0 Å². The maximum Gasteiger partial charge on any atom is 0.254 e. The molecule has 0 radical (unpaired) electrons. The van der Waals surface area contributed by atoms with E-state index in [0.717, 1.165) is 5.69 Å². The first-order chi connectivity index (χ1) is 11.5. The molecule has 2 rings (SSSR count). The van der Waals surface area contributed by atoms with Gasteiger partial charge in [0.25, 0.3) is 5.91 Å². The Balaban J connectivity index is 1.85. The lowest BCUT2D eigenvalue weighted by atomic mass is 10.2. The number of carbonyl (C=O) groups excluding carboxylic acids is 2. The van der Waals surface area contributed by atoms with Gasteiger partial charge in [0, 0.05) is 26.2 Å². The number of hydrogen-bond donors (Lipinski definition) is 1. The summed E-state index contributed by atoms with van der Waals surface area (Å²) >= 11 is 0. The van der Waals surface area contributed by atoms with E-state index in [-0.39, 0.29) is 30.5 Å². The molecule has 0 aliphatic heterocycles. The van der Waals surface area contributed by atoms with Crippen LogP contribution in [-0.4, -0.2) is 40.3 Å². The summed E-state index contributed by atoms with van der Waals surface area (Å²) in [6.07, 6.45) is 3.16. The van der Waals surface area contributed by atoms with Crippen molar-refractivity contribution in [1.29, 1.82) is 0 Å². The molecule has 0 fully saturated rings. The van der Waals surface area contributed by atoms with Crippen molar-refractivity contribution < 1.29 is 14.0 Å². The SMILES string of the molecule is CC(c1ccncn1)N(C)C(=O)CCNC(=O)c1ccccc1F. The zero-order chi connectivity index (χ0) is 17.5. The Bertz CT molecular complexity index is 709. The molecule has 1 N–H and O–H groups in total. The number of nitrogens with one attached hydrogen (secondary N) is 1. The number of carbonyl (C=O) groups is 2. The Morgan fingerprint density at radius 1 is 1.29 bits per heavy atom. The number of halogens is 1. The van der Waals surface area contributed by atoms with Gasteiger partial charge in [0.1, 0.15) is 12.1 Å². The van der Waals surface area contributed by atoms with Crippen molar-refractivity contribution in [2.24, 2.45) is 0 Å². The van der Waals surface area contributed by atoms with Crippen LogP contribution in [0.5, 0.6) is 0 Å². The van der Waals surface area contributed by atoms with Gasteiger partial charge in [-0.05, 0) is 25.1 Å². The van der Waals surface area contributed by atoms with Crippen molar-refractivity contribution in [1.82, 2.24) is 20.2 Å². The summed E-state index contributed by atoms with van der Waals surface area (Å²) in [7, 11) is 1.67. The van der Waals surface area contributed by atoms with Crippen molar-refractivity contribution in [3.05, 3.63) is 59.9 Å². The Labute approximate surface area is 139 Å². The van der Waals surface area contributed by atoms with Crippen LogP contribution in [-0.2, 0) is 4.79 Å². The minimum atomic E-state index is -0.587. The smallest absolute Gasteiger partial charge is 0.254 e. The second kappa shape index (κ2) is 8.14. The lowest BCUT2D eigenvalue weighted by molar-refractivity contribution is -0.131. The molecular weight excluding hydrogens is 311 g/mol. The van der Waals surface area contributed by atoms with Crippen LogP contribution in [0.25, 0.3) is 0 Å². The van der Waals surface area contributed by atoms with E-state index in [1.54, 1.807) is 30.3 Å². The molecule has 0 bridgehead atoms. The average Bonchev–Trinajstić information content (AvgIpc) is 2.61. The number of benzene rings is 1. The number of hydrogen-bond acceptors (Lipinski definition) is 4. The highest BCUT2D eigenvalue weighted by molar-refractivity contribution is 5.94. The maximum atomic E-state index is 13.5. The summed E-state index contributed by atoms with van der Waals surface area (Å²) in [5.41, 5.74) is 0.698. The van der Waals surface area contributed by atoms with Gasteiger partial charge in [-0.1, -0.05) is 12.1 Å². The van der Waals surface area contributed by atoms with Crippen LogP contribution in [0.2, 0.25) is 0 Å². The molecule has 6 nitrogen and oxygen atoms in total. The summed E-state index contributed by atoms with van der Waals surface area (Å²) in [6, 6.07) is 7.25. The molecule has 7 heteroatoms. The topological polar surface area (TPSA) is 75.2 Å². The molecule has 1 aromatic carbocycles. The fourth-order valence-corrected chi connectivity index (χ4v) is 2.16. The van der Waals surface area contributed by atoms with Crippen LogP contribution in [0.3, 0.4) is 0 Å². The predicted molar refractivity (Wildman–Crippen MR) is 86.6 cm³/mol. The van der Waals surface area contributed by atoms with Gasteiger partial charge < -0.3 is 10.2 Å². The van der Waals surface area contributed by atoms with Crippen LogP contribution in [0.15, 0.2) is 42.9 Å². The first-order valence-corrected chi connectivity index (χ1v) is 7.55. The van der Waals surface area contributed by atoms with E-state index < -0.39 is 11.7 Å². The molecule has 0 aliphatic rings. The summed E-state index contributed by atoms with van der Waals surface area (Å²) in [4.78, 5) is 33.6. The largest absolute Gasteiger partial charge is 0.351 e. The zero-order valence-electron chi connectivity index (χ0n) is 13.6. The van der Waals surface area contributed by atoms with Crippen LogP contribution in [0, 0.1) is 5.82 Å². The zero-order valence-corrected chi connectivity index (χ0v) is 13.6. The van der Waals surface area contributed by atoms with E-state index in [1.165, 1.54) is 24.5 Å². The first kappa shape index (κ1) is 17.5. The number of rotatable bonds is 6. The van der Waals surface area contributed by atoms with Crippen LogP contribution < -0.4 is 5.32 Å². The van der Waals surface area contributed by atoms with Gasteiger partial charge >= 0.3 is 0 Å². The third-order valence-corrected chi connectivity index (χ3v) is 3.75. The molecule has 1 unspecified atom stereocenters. The van der Waals surface area contributed by atoms with Crippen molar-refractivity contribution in [3.63, 3.8) is 0 Å². The fourth-order valence-electron chi connectivity index (χ4n) is 2.16. The van der Waals surface area contributed by atoms with E-state index >= 15 is 0 Å². The summed E-state index contributed by atoms with van der Waals surface area (Å²) in [5.74, 6) is -1.27. The quantitative estimate of drug-likeness (QED) is 0.878. The number of aromatic nitrogens is 2. The van der Waals surface area contributed by atoms with Crippen molar-refractivity contribution in [2.75, 3.05) is 13.6 Å². The molecule has 0 saturated heterocycles. The molecular formula is C17H19FN4O2. The molecule has 1 aromatic heterocycles. The Kier molecular flexibility index (Phi) is 5.95. The normalized spacial score (nSPS) is 11.6. The maximum absolute atomic E-state index is 13.5. The van der Waals surface area contributed by atoms with Gasteiger partial charge in [0.15, 0.2) is 0 Å². The van der Waals surface area contributed by atoms with Crippen molar-refractivity contribution >= 4 is 11.8 Å². The predicted octanol–water partition coefficient (Wildman–Crippen LogP) is 1.96. The van der Waals surface area contributed by atoms with Crippen LogP contribution in [0.4, 0.5) is 4.39 Å². The highest BCUT2D eigenvalue weighted by Gasteiger charge is 2.18. The van der Waals surface area contributed by atoms with Gasteiger partial charge in [-0.3, -0.25) is 9.59 Å². The second-order valence-corrected chi connectivity index (χ2v) is 5.30. The third-order valence-electron chi connectivity index (χ3n) is 3.75. The highest BCUT2D eigenvalue weighted by atomic mass is 19.1. The molecule has 2 aromatic rings. The first-order valence-electron chi connectivity index (χ1n) is 7.55. The van der Waals surface area contributed by atoms with Crippen molar-refractivity contribution in [3.8, 4) is 0 Å². The minimum absolute atomic E-state index is 0.0346. The standard InChI is InChI=1S/C17H19FN4O2/c1-12(15-7-9-19-11-21-15)22(2)16(23)8-10-20-17(24)13-5-3-4-6-14(13)18/h3-7,9,11-12H,8,10H2,1-2H3,(H,20,24). The molecule has 126 valence electrons. The monoisotopic (exact) mass is 330 g/mol. The summed E-state index contributed by atoms with van der Waals surface area (Å²) < 4.78 is 13.5. The van der Waals surface area contributed by atoms with E-state index in [0.29, 0.717) is 0 Å². The number of nitrogens with zero attached hydrogens (tertiary/aromatic N) is 3. The molecule has 24 heavy (non-hydrogen) atoms. The number of amides is 2. The molecule has 0 aliphatic carbocycles. The van der Waals surface area contributed by atoms with Gasteiger partial charge in [0.05, 0.1) is 17.3 Å². The molecule has 0 spiro atoms. The van der Waals surface area contributed by atoms with Gasteiger partial charge in [0.2, 0.25) is 5.91 Å². The van der Waals surface area contributed by atoms with Crippen LogP contribution in [0.1, 0.15) is 35.4 Å². The van der Waals surface area contributed by atoms with E-state index in [9.17, 15) is 14.0 Å². The fraction of sp³-hybridized carbons (Fsp3) is 0.294. The molecule has 1 heterocycles. The van der Waals surface area contributed by atoms with E-state index in [4.69, 9.17) is 0 Å². The van der Waals surface area contributed by atoms with Crippen molar-refractivity contribution in [2.45, 2.75) is 19.4 Å².